The summed E-state index contributed by atoms with van der Waals surface area (Å²) in [5, 5.41) is 10.9. The van der Waals surface area contributed by atoms with E-state index < -0.39 is 22.3 Å². The van der Waals surface area contributed by atoms with Crippen LogP contribution < -0.4 is 0 Å². The first-order valence-electron chi connectivity index (χ1n) is 5.71. The molecule has 7 nitrogen and oxygen atoms in total. The molecule has 0 aliphatic carbocycles. The summed E-state index contributed by atoms with van der Waals surface area (Å²) in [4.78, 5) is 33.6. The molecule has 108 valence electrons. The Morgan fingerprint density at radius 2 is 1.80 bits per heavy atom. The number of nitro benzene ring substituents is 1. The molecule has 0 fully saturated rings. The third-order valence-electron chi connectivity index (χ3n) is 3.02. The zero-order valence-corrected chi connectivity index (χ0v) is 11.6. The highest BCUT2D eigenvalue weighted by molar-refractivity contribution is 5.94. The number of ether oxygens (including phenoxy) is 2. The van der Waals surface area contributed by atoms with Crippen molar-refractivity contribution in [1.82, 2.24) is 0 Å². The topological polar surface area (TPSA) is 95.7 Å². The van der Waals surface area contributed by atoms with Crippen molar-refractivity contribution in [3.05, 3.63) is 39.4 Å². The van der Waals surface area contributed by atoms with Gasteiger partial charge >= 0.3 is 11.9 Å². The summed E-state index contributed by atoms with van der Waals surface area (Å²) in [6, 6.07) is 3.87. The molecule has 0 unspecified atom stereocenters. The molecule has 7 heteroatoms. The number of benzene rings is 1. The highest BCUT2D eigenvalue weighted by atomic mass is 16.6. The van der Waals surface area contributed by atoms with E-state index in [-0.39, 0.29) is 11.3 Å². The number of hydrogen-bond donors (Lipinski definition) is 0. The number of rotatable bonds is 4. The molecule has 0 amide bonds. The molecule has 0 N–H and O–H groups in total. The van der Waals surface area contributed by atoms with E-state index in [1.54, 1.807) is 13.8 Å². The lowest BCUT2D eigenvalue weighted by Gasteiger charge is -2.22. The quantitative estimate of drug-likeness (QED) is 0.474. The second-order valence-corrected chi connectivity index (χ2v) is 4.60. The van der Waals surface area contributed by atoms with E-state index in [0.29, 0.717) is 5.56 Å². The fourth-order valence-electron chi connectivity index (χ4n) is 1.73. The van der Waals surface area contributed by atoms with E-state index >= 15 is 0 Å². The van der Waals surface area contributed by atoms with Gasteiger partial charge in [0, 0.05) is 6.07 Å². The van der Waals surface area contributed by atoms with Crippen LogP contribution in [0.25, 0.3) is 0 Å². The van der Waals surface area contributed by atoms with Gasteiger partial charge in [-0.3, -0.25) is 14.9 Å². The van der Waals surface area contributed by atoms with Crippen LogP contribution >= 0.6 is 0 Å². The summed E-state index contributed by atoms with van der Waals surface area (Å²) in [5.74, 6) is -1.35. The van der Waals surface area contributed by atoms with Gasteiger partial charge in [0.2, 0.25) is 0 Å². The molecule has 1 aromatic rings. The molecule has 0 heterocycles. The zero-order valence-electron chi connectivity index (χ0n) is 11.6. The van der Waals surface area contributed by atoms with Gasteiger partial charge in [0.25, 0.3) is 5.69 Å². The molecule has 0 spiro atoms. The van der Waals surface area contributed by atoms with Crippen molar-refractivity contribution in [3.63, 3.8) is 0 Å². The Bertz CT molecular complexity index is 564. The lowest BCUT2D eigenvalue weighted by atomic mass is 9.83. The van der Waals surface area contributed by atoms with E-state index in [2.05, 4.69) is 9.47 Å². The lowest BCUT2D eigenvalue weighted by Crippen LogP contribution is -2.30. The summed E-state index contributed by atoms with van der Waals surface area (Å²) in [6.07, 6.45) is 0. The van der Waals surface area contributed by atoms with Crippen LogP contribution in [0.15, 0.2) is 18.2 Å². The largest absolute Gasteiger partial charge is 0.468 e. The fourth-order valence-corrected chi connectivity index (χ4v) is 1.73. The summed E-state index contributed by atoms with van der Waals surface area (Å²) in [7, 11) is 2.38. The minimum Gasteiger partial charge on any atom is -0.468 e. The first-order chi connectivity index (χ1) is 9.25. The van der Waals surface area contributed by atoms with Crippen molar-refractivity contribution >= 4 is 17.6 Å². The average molecular weight is 281 g/mol. The van der Waals surface area contributed by atoms with E-state index in [4.69, 9.17) is 0 Å². The summed E-state index contributed by atoms with van der Waals surface area (Å²) in [6.45, 7) is 3.20. The molecular formula is C13H15NO6. The van der Waals surface area contributed by atoms with Gasteiger partial charge < -0.3 is 9.47 Å². The molecule has 0 aliphatic heterocycles. The van der Waals surface area contributed by atoms with Crippen LogP contribution in [0.5, 0.6) is 0 Å². The summed E-state index contributed by atoms with van der Waals surface area (Å²) >= 11 is 0. The van der Waals surface area contributed by atoms with Gasteiger partial charge in [-0.2, -0.15) is 0 Å². The highest BCUT2D eigenvalue weighted by Gasteiger charge is 2.33. The van der Waals surface area contributed by atoms with Gasteiger partial charge in [-0.05, 0) is 25.5 Å². The standard InChI is InChI=1S/C13H15NO6/c1-13(2,12(16)20-4)8-5-6-10(14(17)18)9(7-8)11(15)19-3/h5-7H,1-4H3. The zero-order chi connectivity index (χ0) is 15.5. The van der Waals surface area contributed by atoms with Crippen molar-refractivity contribution in [2.24, 2.45) is 0 Å². The smallest absolute Gasteiger partial charge is 0.344 e. The Kier molecular flexibility index (Phi) is 4.44. The molecule has 0 radical (unpaired) electrons. The molecule has 0 bridgehead atoms. The first-order valence-corrected chi connectivity index (χ1v) is 5.71. The summed E-state index contributed by atoms with van der Waals surface area (Å²) in [5.41, 5.74) is -1.18. The van der Waals surface area contributed by atoms with E-state index in [9.17, 15) is 19.7 Å². The van der Waals surface area contributed by atoms with Crippen LogP contribution in [0.3, 0.4) is 0 Å². The van der Waals surface area contributed by atoms with Gasteiger partial charge in [0.05, 0.1) is 24.6 Å². The van der Waals surface area contributed by atoms with Crippen LogP contribution in [0.2, 0.25) is 0 Å². The van der Waals surface area contributed by atoms with Crippen LogP contribution in [0, 0.1) is 10.1 Å². The maximum Gasteiger partial charge on any atom is 0.344 e. The fraction of sp³-hybridized carbons (Fsp3) is 0.385. The molecule has 0 aliphatic rings. The number of hydrogen-bond acceptors (Lipinski definition) is 6. The monoisotopic (exact) mass is 281 g/mol. The van der Waals surface area contributed by atoms with E-state index in [1.807, 2.05) is 0 Å². The van der Waals surface area contributed by atoms with Gasteiger partial charge in [-0.1, -0.05) is 6.07 Å². The number of carbonyl (C=O) groups is 2. The van der Waals surface area contributed by atoms with Gasteiger partial charge in [0.1, 0.15) is 5.56 Å². The van der Waals surface area contributed by atoms with Crippen molar-refractivity contribution in [1.29, 1.82) is 0 Å². The SMILES string of the molecule is COC(=O)c1cc(C(C)(C)C(=O)OC)ccc1[N+](=O)[O-]. The second-order valence-electron chi connectivity index (χ2n) is 4.60. The molecule has 0 aromatic heterocycles. The second kappa shape index (κ2) is 5.68. The van der Waals surface area contributed by atoms with Crippen molar-refractivity contribution in [3.8, 4) is 0 Å². The van der Waals surface area contributed by atoms with E-state index in [0.717, 1.165) is 7.11 Å². The minimum absolute atomic E-state index is 0.202. The first kappa shape index (κ1) is 15.6. The Morgan fingerprint density at radius 3 is 2.25 bits per heavy atom. The van der Waals surface area contributed by atoms with Crippen LogP contribution in [-0.4, -0.2) is 31.1 Å². The Balaban J connectivity index is 3.43. The van der Waals surface area contributed by atoms with Gasteiger partial charge in [0.15, 0.2) is 0 Å². The number of methoxy groups -OCH3 is 2. The third-order valence-corrected chi connectivity index (χ3v) is 3.02. The maximum absolute atomic E-state index is 11.7. The van der Waals surface area contributed by atoms with Crippen LogP contribution in [0.4, 0.5) is 5.69 Å². The molecule has 20 heavy (non-hydrogen) atoms. The normalized spacial score (nSPS) is 10.8. The lowest BCUT2D eigenvalue weighted by molar-refractivity contribution is -0.385. The number of nitrogens with zero attached hydrogens (tertiary/aromatic N) is 1. The van der Waals surface area contributed by atoms with Gasteiger partial charge in [-0.25, -0.2) is 4.79 Å². The Hall–Kier alpha value is -2.44. The molecule has 1 rings (SSSR count). The van der Waals surface area contributed by atoms with Gasteiger partial charge in [-0.15, -0.1) is 0 Å². The predicted octanol–water partition coefficient (Wildman–Crippen LogP) is 1.83. The molecule has 0 saturated heterocycles. The van der Waals surface area contributed by atoms with Crippen molar-refractivity contribution in [2.75, 3.05) is 14.2 Å². The maximum atomic E-state index is 11.7. The predicted molar refractivity (Wildman–Crippen MR) is 69.5 cm³/mol. The van der Waals surface area contributed by atoms with Crippen molar-refractivity contribution in [2.45, 2.75) is 19.3 Å². The number of esters is 2. The molecule has 0 atom stereocenters. The molecule has 1 aromatic carbocycles. The number of nitro groups is 1. The highest BCUT2D eigenvalue weighted by Crippen LogP contribution is 2.29. The molecular weight excluding hydrogens is 266 g/mol. The number of carbonyl (C=O) groups excluding carboxylic acids is 2. The van der Waals surface area contributed by atoms with Crippen LogP contribution in [0.1, 0.15) is 29.8 Å². The average Bonchev–Trinajstić information content (AvgIpc) is 2.44. The Labute approximate surface area is 115 Å². The van der Waals surface area contributed by atoms with Crippen molar-refractivity contribution < 1.29 is 24.0 Å². The summed E-state index contributed by atoms with van der Waals surface area (Å²) < 4.78 is 9.21. The minimum atomic E-state index is -1.04. The molecule has 0 saturated carbocycles. The van der Waals surface area contributed by atoms with Crippen LogP contribution in [-0.2, 0) is 19.7 Å². The Morgan fingerprint density at radius 1 is 1.20 bits per heavy atom. The van der Waals surface area contributed by atoms with E-state index in [1.165, 1.54) is 25.3 Å². The third kappa shape index (κ3) is 2.76.